The predicted octanol–water partition coefficient (Wildman–Crippen LogP) is 3.09. The summed E-state index contributed by atoms with van der Waals surface area (Å²) in [5.41, 5.74) is 1.12. The number of nitrogens with one attached hydrogen (secondary N) is 1. The molecule has 0 bridgehead atoms. The molecule has 150 valence electrons. The molecular weight excluding hydrogens is 376 g/mol. The first-order valence-electron chi connectivity index (χ1n) is 9.59. The van der Waals surface area contributed by atoms with Crippen LogP contribution >= 0.6 is 0 Å². The highest BCUT2D eigenvalue weighted by Crippen LogP contribution is 2.18. The molecule has 1 aromatic heterocycles. The molecule has 1 aliphatic rings. The number of halogens is 2. The summed E-state index contributed by atoms with van der Waals surface area (Å²) in [6, 6.07) is 12.3. The quantitative estimate of drug-likeness (QED) is 0.736. The van der Waals surface area contributed by atoms with Crippen LogP contribution in [0.1, 0.15) is 12.1 Å². The maximum absolute atomic E-state index is 13.4. The van der Waals surface area contributed by atoms with Crippen LogP contribution < -0.4 is 10.5 Å². The average Bonchev–Trinajstić information content (AvgIpc) is 2.73. The molecule has 7 heteroatoms. The summed E-state index contributed by atoms with van der Waals surface area (Å²) >= 11 is 0. The van der Waals surface area contributed by atoms with Crippen molar-refractivity contribution in [1.29, 1.82) is 0 Å². The summed E-state index contributed by atoms with van der Waals surface area (Å²) in [6.07, 6.45) is 0.689. The van der Waals surface area contributed by atoms with E-state index in [1.807, 2.05) is 6.07 Å². The van der Waals surface area contributed by atoms with Gasteiger partial charge in [-0.05, 0) is 48.2 Å². The fourth-order valence-electron chi connectivity index (χ4n) is 3.71. The molecule has 1 fully saturated rings. The maximum atomic E-state index is 13.4. The fourth-order valence-corrected chi connectivity index (χ4v) is 3.71. The van der Waals surface area contributed by atoms with E-state index in [0.29, 0.717) is 49.1 Å². The largest absolute Gasteiger partial charge is 0.368 e. The van der Waals surface area contributed by atoms with Crippen molar-refractivity contribution in [2.75, 3.05) is 31.1 Å². The highest BCUT2D eigenvalue weighted by Gasteiger charge is 2.21. The van der Waals surface area contributed by atoms with Crippen molar-refractivity contribution in [3.8, 4) is 0 Å². The van der Waals surface area contributed by atoms with Gasteiger partial charge in [0.25, 0.3) is 5.56 Å². The monoisotopic (exact) mass is 397 g/mol. The van der Waals surface area contributed by atoms with Gasteiger partial charge in [-0.1, -0.05) is 12.1 Å². The molecule has 5 nitrogen and oxygen atoms in total. The molecule has 0 unspecified atom stereocenters. The number of fused-ring (bicyclic) bond motifs is 1. The van der Waals surface area contributed by atoms with Crippen LogP contribution in [0.3, 0.4) is 0 Å². The zero-order valence-corrected chi connectivity index (χ0v) is 15.8. The summed E-state index contributed by atoms with van der Waals surface area (Å²) in [5.74, 6) is -0.708. The molecule has 29 heavy (non-hydrogen) atoms. The zero-order valence-electron chi connectivity index (χ0n) is 15.8. The van der Waals surface area contributed by atoms with Crippen molar-refractivity contribution < 1.29 is 13.6 Å². The molecule has 0 aliphatic carbocycles. The lowest BCUT2D eigenvalue weighted by atomic mass is 10.1. The molecule has 0 atom stereocenters. The van der Waals surface area contributed by atoms with Crippen molar-refractivity contribution in [1.82, 2.24) is 9.88 Å². The van der Waals surface area contributed by atoms with Gasteiger partial charge in [-0.2, -0.15) is 0 Å². The number of hydrogen-bond acceptors (Lipinski definition) is 3. The number of aryl methyl sites for hydroxylation is 1. The topological polar surface area (TPSA) is 56.4 Å². The second-order valence-corrected chi connectivity index (χ2v) is 7.20. The lowest BCUT2D eigenvalue weighted by Gasteiger charge is -2.36. The Morgan fingerprint density at radius 3 is 2.48 bits per heavy atom. The average molecular weight is 397 g/mol. The summed E-state index contributed by atoms with van der Waals surface area (Å²) in [6.45, 7) is 2.44. The Kier molecular flexibility index (Phi) is 5.29. The van der Waals surface area contributed by atoms with Gasteiger partial charge in [-0.25, -0.2) is 8.78 Å². The molecule has 0 radical (unpaired) electrons. The number of benzene rings is 2. The Bertz CT molecular complexity index is 1100. The Balaban J connectivity index is 1.35. The van der Waals surface area contributed by atoms with E-state index in [4.69, 9.17) is 0 Å². The number of hydrogen-bond donors (Lipinski definition) is 1. The number of rotatable bonds is 4. The first kappa shape index (κ1) is 19.1. The van der Waals surface area contributed by atoms with E-state index in [-0.39, 0.29) is 23.7 Å². The van der Waals surface area contributed by atoms with Crippen LogP contribution in [-0.4, -0.2) is 42.0 Å². The number of nitrogens with zero attached hydrogens (tertiary/aromatic N) is 2. The second kappa shape index (κ2) is 8.03. The molecule has 4 rings (SSSR count). The first-order chi connectivity index (χ1) is 14.0. The molecule has 2 heterocycles. The number of carbonyl (C=O) groups is 1. The molecule has 1 saturated heterocycles. The van der Waals surface area contributed by atoms with Crippen molar-refractivity contribution in [2.45, 2.75) is 12.8 Å². The Morgan fingerprint density at radius 2 is 1.72 bits per heavy atom. The third-order valence-corrected chi connectivity index (χ3v) is 5.28. The Labute approximate surface area is 166 Å². The third-order valence-electron chi connectivity index (χ3n) is 5.28. The number of anilines is 1. The third kappa shape index (κ3) is 4.29. The number of aromatic nitrogens is 1. The number of pyridine rings is 1. The van der Waals surface area contributed by atoms with Crippen LogP contribution in [0.25, 0.3) is 10.8 Å². The van der Waals surface area contributed by atoms with E-state index in [1.54, 1.807) is 23.1 Å². The van der Waals surface area contributed by atoms with Crippen LogP contribution in [0.4, 0.5) is 14.5 Å². The minimum Gasteiger partial charge on any atom is -0.368 e. The lowest BCUT2D eigenvalue weighted by Crippen LogP contribution is -2.48. The maximum Gasteiger partial charge on any atom is 0.256 e. The summed E-state index contributed by atoms with van der Waals surface area (Å²) in [7, 11) is 0. The van der Waals surface area contributed by atoms with E-state index in [9.17, 15) is 18.4 Å². The van der Waals surface area contributed by atoms with Gasteiger partial charge < -0.3 is 14.8 Å². The molecule has 1 aliphatic heterocycles. The van der Waals surface area contributed by atoms with E-state index < -0.39 is 5.82 Å². The summed E-state index contributed by atoms with van der Waals surface area (Å²) in [4.78, 5) is 31.3. The number of H-pyrrole nitrogens is 1. The molecule has 1 amide bonds. The number of amides is 1. The van der Waals surface area contributed by atoms with Gasteiger partial charge in [-0.3, -0.25) is 9.59 Å². The molecule has 2 aromatic carbocycles. The first-order valence-corrected chi connectivity index (χ1v) is 9.59. The van der Waals surface area contributed by atoms with Crippen molar-refractivity contribution >= 4 is 22.4 Å². The van der Waals surface area contributed by atoms with E-state index in [2.05, 4.69) is 9.88 Å². The number of aromatic amines is 1. The van der Waals surface area contributed by atoms with Gasteiger partial charge in [0.2, 0.25) is 5.91 Å². The predicted molar refractivity (Wildman–Crippen MR) is 108 cm³/mol. The second-order valence-electron chi connectivity index (χ2n) is 7.20. The fraction of sp³-hybridized carbons (Fsp3) is 0.273. The van der Waals surface area contributed by atoms with Gasteiger partial charge >= 0.3 is 0 Å². The number of piperazine rings is 1. The smallest absolute Gasteiger partial charge is 0.256 e. The highest BCUT2D eigenvalue weighted by atomic mass is 19.1. The highest BCUT2D eigenvalue weighted by molar-refractivity contribution is 5.82. The van der Waals surface area contributed by atoms with Gasteiger partial charge in [-0.15, -0.1) is 0 Å². The summed E-state index contributed by atoms with van der Waals surface area (Å²) < 4.78 is 26.7. The molecule has 0 saturated carbocycles. The standard InChI is InChI=1S/C22H21F2N3O2/c23-16-2-1-3-19(13-16)26-8-10-27(11-9-26)21(28)7-6-18-12-15-4-5-17(24)14-20(15)22(29)25-18/h1-5,12-14H,6-11H2,(H,25,29). The van der Waals surface area contributed by atoms with E-state index in [1.165, 1.54) is 24.3 Å². The van der Waals surface area contributed by atoms with E-state index >= 15 is 0 Å². The van der Waals surface area contributed by atoms with E-state index in [0.717, 1.165) is 5.69 Å². The zero-order chi connectivity index (χ0) is 20.4. The lowest BCUT2D eigenvalue weighted by molar-refractivity contribution is -0.131. The normalized spacial score (nSPS) is 14.4. The Morgan fingerprint density at radius 1 is 0.966 bits per heavy atom. The van der Waals surface area contributed by atoms with Gasteiger partial charge in [0.1, 0.15) is 11.6 Å². The molecule has 1 N–H and O–H groups in total. The van der Waals surface area contributed by atoms with Crippen molar-refractivity contribution in [3.05, 3.63) is 76.2 Å². The van der Waals surface area contributed by atoms with Crippen molar-refractivity contribution in [2.24, 2.45) is 0 Å². The van der Waals surface area contributed by atoms with Gasteiger partial charge in [0.05, 0.1) is 0 Å². The minimum absolute atomic E-state index is 0.0175. The van der Waals surface area contributed by atoms with Gasteiger partial charge in [0.15, 0.2) is 0 Å². The molecule has 3 aromatic rings. The minimum atomic E-state index is -0.455. The van der Waals surface area contributed by atoms with Crippen LogP contribution in [0, 0.1) is 11.6 Å². The van der Waals surface area contributed by atoms with Crippen LogP contribution in [-0.2, 0) is 11.2 Å². The van der Waals surface area contributed by atoms with Crippen LogP contribution in [0.2, 0.25) is 0 Å². The summed E-state index contributed by atoms with van der Waals surface area (Å²) in [5, 5.41) is 0.954. The number of carbonyl (C=O) groups excluding carboxylic acids is 1. The molecular formula is C22H21F2N3O2. The van der Waals surface area contributed by atoms with Crippen LogP contribution in [0.5, 0.6) is 0 Å². The molecule has 0 spiro atoms. The SMILES string of the molecule is O=C(CCc1cc2ccc(F)cc2c(=O)[nH]1)N1CCN(c2cccc(F)c2)CC1. The Hall–Kier alpha value is -3.22. The van der Waals surface area contributed by atoms with Crippen LogP contribution in [0.15, 0.2) is 53.3 Å². The van der Waals surface area contributed by atoms with Crippen molar-refractivity contribution in [3.63, 3.8) is 0 Å². The van der Waals surface area contributed by atoms with Gasteiger partial charge in [0, 0.05) is 49.4 Å².